The third-order valence-electron chi connectivity index (χ3n) is 8.93. The van der Waals surface area contributed by atoms with Crippen LogP contribution in [0.3, 0.4) is 0 Å². The lowest BCUT2D eigenvalue weighted by atomic mass is 9.66. The number of carbonyl (C=O) groups is 1. The Morgan fingerprint density at radius 3 is 2.63 bits per heavy atom. The van der Waals surface area contributed by atoms with E-state index in [1.54, 1.807) is 28.6 Å². The molecule has 0 saturated carbocycles. The fourth-order valence-electron chi connectivity index (χ4n) is 7.00. The minimum Gasteiger partial charge on any atom is -0.375 e. The number of sulfonamides is 1. The Bertz CT molecular complexity index is 1350. The Morgan fingerprint density at radius 2 is 1.93 bits per heavy atom. The molecule has 5 rings (SSSR count). The van der Waals surface area contributed by atoms with E-state index in [0.29, 0.717) is 55.0 Å². The number of ether oxygens (including phenoxy) is 1. The van der Waals surface area contributed by atoms with Crippen molar-refractivity contribution in [3.05, 3.63) is 64.4 Å². The molecule has 3 fully saturated rings. The van der Waals surface area contributed by atoms with E-state index >= 15 is 4.39 Å². The predicted octanol–water partition coefficient (Wildman–Crippen LogP) is 3.97. The molecule has 3 saturated heterocycles. The largest absolute Gasteiger partial charge is 0.375 e. The molecule has 4 N–H and O–H groups in total. The number of nitrogens with two attached hydrogens (primary N) is 1. The SMILES string of the molecule is C[C@@H]1C[C@](c2ccc(Cl)cc2)([C@H](N)C(=O)Nc2cccc(F)c2CC[C@H]2CN[C@@H]3CCCS(=O)(=O)N2C3)C[C@H](C)O1. The molecule has 8 nitrogen and oxygen atoms in total. The highest BCUT2D eigenvalue weighted by molar-refractivity contribution is 7.89. The van der Waals surface area contributed by atoms with E-state index in [0.717, 1.165) is 12.0 Å². The summed E-state index contributed by atoms with van der Waals surface area (Å²) in [4.78, 5) is 13.8. The Morgan fingerprint density at radius 1 is 1.22 bits per heavy atom. The molecule has 1 amide bonds. The number of benzene rings is 2. The van der Waals surface area contributed by atoms with E-state index in [2.05, 4.69) is 10.6 Å². The van der Waals surface area contributed by atoms with Crippen LogP contribution in [-0.4, -0.2) is 67.8 Å². The molecule has 3 aliphatic heterocycles. The molecule has 0 radical (unpaired) electrons. The van der Waals surface area contributed by atoms with Gasteiger partial charge in [0, 0.05) is 46.9 Å². The van der Waals surface area contributed by atoms with Gasteiger partial charge in [-0.05, 0) is 82.2 Å². The lowest BCUT2D eigenvalue weighted by Crippen LogP contribution is -2.57. The zero-order chi connectivity index (χ0) is 29.4. The van der Waals surface area contributed by atoms with E-state index in [1.165, 1.54) is 6.07 Å². The van der Waals surface area contributed by atoms with Gasteiger partial charge in [0.25, 0.3) is 0 Å². The van der Waals surface area contributed by atoms with Gasteiger partial charge in [0.1, 0.15) is 5.82 Å². The molecule has 0 spiro atoms. The fourth-order valence-corrected chi connectivity index (χ4v) is 8.93. The Hall–Kier alpha value is -2.08. The number of halogens is 2. The smallest absolute Gasteiger partial charge is 0.242 e. The normalized spacial score (nSPS) is 32.1. The third kappa shape index (κ3) is 6.48. The monoisotopic (exact) mass is 606 g/mol. The molecule has 2 bridgehead atoms. The van der Waals surface area contributed by atoms with Crippen molar-refractivity contribution in [1.82, 2.24) is 9.62 Å². The molecule has 7 atom stereocenters. The number of amides is 1. The van der Waals surface area contributed by atoms with Crippen LogP contribution >= 0.6 is 11.6 Å². The Kier molecular flexibility index (Phi) is 9.09. The van der Waals surface area contributed by atoms with Crippen LogP contribution in [0.4, 0.5) is 10.1 Å². The molecule has 3 aliphatic rings. The minimum absolute atomic E-state index is 0.114. The number of nitrogens with one attached hydrogen (secondary N) is 2. The summed E-state index contributed by atoms with van der Waals surface area (Å²) in [5.41, 5.74) is 7.68. The first-order valence-electron chi connectivity index (χ1n) is 14.5. The summed E-state index contributed by atoms with van der Waals surface area (Å²) in [6.45, 7) is 4.91. The molecule has 11 heteroatoms. The van der Waals surface area contributed by atoms with Crippen molar-refractivity contribution in [3.8, 4) is 0 Å². The zero-order valence-electron chi connectivity index (χ0n) is 23.6. The summed E-state index contributed by atoms with van der Waals surface area (Å²) >= 11 is 6.16. The fraction of sp³-hybridized carbons (Fsp3) is 0.567. The number of rotatable bonds is 7. The van der Waals surface area contributed by atoms with Gasteiger partial charge in [0.2, 0.25) is 15.9 Å². The number of fused-ring (bicyclic) bond motifs is 2. The average molecular weight is 607 g/mol. The van der Waals surface area contributed by atoms with Gasteiger partial charge in [0.15, 0.2) is 0 Å². The highest BCUT2D eigenvalue weighted by Gasteiger charge is 2.47. The highest BCUT2D eigenvalue weighted by atomic mass is 35.5. The Balaban J connectivity index is 1.36. The van der Waals surface area contributed by atoms with Gasteiger partial charge < -0.3 is 21.1 Å². The first-order chi connectivity index (χ1) is 19.5. The number of hydrogen-bond donors (Lipinski definition) is 3. The molecule has 1 unspecified atom stereocenters. The van der Waals surface area contributed by atoms with Gasteiger partial charge >= 0.3 is 0 Å². The summed E-state index contributed by atoms with van der Waals surface area (Å²) < 4.78 is 48.6. The summed E-state index contributed by atoms with van der Waals surface area (Å²) in [5.74, 6) is -0.721. The zero-order valence-corrected chi connectivity index (χ0v) is 25.2. The maximum Gasteiger partial charge on any atom is 0.242 e. The van der Waals surface area contributed by atoms with E-state index in [9.17, 15) is 13.2 Å². The van der Waals surface area contributed by atoms with Crippen molar-refractivity contribution < 1.29 is 22.3 Å². The number of piperazine rings is 1. The van der Waals surface area contributed by atoms with Crippen molar-refractivity contribution in [3.63, 3.8) is 0 Å². The van der Waals surface area contributed by atoms with E-state index in [4.69, 9.17) is 22.1 Å². The molecule has 2 aromatic carbocycles. The van der Waals surface area contributed by atoms with E-state index in [-0.39, 0.29) is 36.5 Å². The molecule has 41 heavy (non-hydrogen) atoms. The minimum atomic E-state index is -3.36. The van der Waals surface area contributed by atoms with Crippen LogP contribution in [0.1, 0.15) is 57.1 Å². The quantitative estimate of drug-likeness (QED) is 0.440. The van der Waals surface area contributed by atoms with Gasteiger partial charge in [-0.1, -0.05) is 29.8 Å². The van der Waals surface area contributed by atoms with Crippen LogP contribution in [0, 0.1) is 5.82 Å². The van der Waals surface area contributed by atoms with Crippen LogP contribution in [0.25, 0.3) is 0 Å². The molecular weight excluding hydrogens is 567 g/mol. The number of anilines is 1. The molecule has 0 aliphatic carbocycles. The van der Waals surface area contributed by atoms with E-state index in [1.807, 2.05) is 26.0 Å². The summed E-state index contributed by atoms with van der Waals surface area (Å²) in [6.07, 6.45) is 3.02. The molecule has 0 aromatic heterocycles. The first kappa shape index (κ1) is 30.4. The van der Waals surface area contributed by atoms with Crippen LogP contribution in [0.2, 0.25) is 5.02 Å². The molecular formula is C30H40ClFN4O4S. The van der Waals surface area contributed by atoms with Crippen LogP contribution < -0.4 is 16.4 Å². The van der Waals surface area contributed by atoms with Gasteiger partial charge in [-0.2, -0.15) is 4.31 Å². The third-order valence-corrected chi connectivity index (χ3v) is 11.1. The summed E-state index contributed by atoms with van der Waals surface area (Å²) in [5, 5.41) is 6.97. The predicted molar refractivity (Wildman–Crippen MR) is 159 cm³/mol. The highest BCUT2D eigenvalue weighted by Crippen LogP contribution is 2.42. The van der Waals surface area contributed by atoms with Gasteiger partial charge in [0.05, 0.1) is 24.0 Å². The summed E-state index contributed by atoms with van der Waals surface area (Å²) in [7, 11) is -3.36. The second kappa shape index (κ2) is 12.3. The molecule has 3 heterocycles. The second-order valence-corrected chi connectivity index (χ2v) is 14.4. The van der Waals surface area contributed by atoms with Crippen LogP contribution in [0.5, 0.6) is 0 Å². The average Bonchev–Trinajstić information content (AvgIpc) is 3.03. The van der Waals surface area contributed by atoms with Crippen molar-refractivity contribution in [2.45, 2.75) is 88.1 Å². The van der Waals surface area contributed by atoms with Crippen molar-refractivity contribution in [1.29, 1.82) is 0 Å². The van der Waals surface area contributed by atoms with Crippen molar-refractivity contribution in [2.24, 2.45) is 5.73 Å². The van der Waals surface area contributed by atoms with Gasteiger partial charge in [-0.15, -0.1) is 0 Å². The number of carbonyl (C=O) groups excluding carboxylic acids is 1. The topological polar surface area (TPSA) is 114 Å². The maximum atomic E-state index is 15.2. The van der Waals surface area contributed by atoms with Crippen LogP contribution in [0.15, 0.2) is 42.5 Å². The number of nitrogens with zero attached hydrogens (tertiary/aromatic N) is 1. The van der Waals surface area contributed by atoms with Gasteiger partial charge in [-0.25, -0.2) is 12.8 Å². The maximum absolute atomic E-state index is 15.2. The standard InChI is InChI=1S/C30H40ClFN4O4S/c1-19-15-30(16-20(2)40-19,21-8-10-22(31)11-9-21)28(33)29(37)35-27-7-3-6-26(32)25(27)13-12-24-17-34-23-5-4-14-41(38,39)36(24)18-23/h3,6-11,19-20,23-24,28,34H,4-5,12-18,33H2,1-2H3,(H,35,37)/t19-,20+,23-,24+,28-,30+/m1/s1. The molecule has 224 valence electrons. The van der Waals surface area contributed by atoms with Crippen molar-refractivity contribution in [2.75, 3.05) is 24.2 Å². The molecule has 2 aromatic rings. The lowest BCUT2D eigenvalue weighted by molar-refractivity contribution is -0.122. The van der Waals surface area contributed by atoms with Crippen molar-refractivity contribution >= 4 is 33.2 Å². The first-order valence-corrected chi connectivity index (χ1v) is 16.5. The summed E-state index contributed by atoms with van der Waals surface area (Å²) in [6, 6.07) is 10.9. The van der Waals surface area contributed by atoms with Gasteiger partial charge in [-0.3, -0.25) is 4.79 Å². The Labute approximate surface area is 247 Å². The van der Waals surface area contributed by atoms with Crippen LogP contribution in [-0.2, 0) is 31.4 Å². The second-order valence-electron chi connectivity index (χ2n) is 11.9. The number of hydrogen-bond acceptors (Lipinski definition) is 6. The lowest BCUT2D eigenvalue weighted by Gasteiger charge is -2.46. The van der Waals surface area contributed by atoms with E-state index < -0.39 is 33.2 Å².